The van der Waals surface area contributed by atoms with Crippen molar-refractivity contribution in [2.45, 2.75) is 25.8 Å². The van der Waals surface area contributed by atoms with E-state index in [2.05, 4.69) is 36.1 Å². The standard InChI is InChI=1S/C14H19N3O2/c1-9(2)10-4-6-11(7-5-10)13-16-14(19-17-13)12(15)8-18-3/h4-7,9,12H,8,15H2,1-3H3. The lowest BCUT2D eigenvalue weighted by molar-refractivity contribution is 0.166. The molecular formula is C14H19N3O2. The van der Waals surface area contributed by atoms with Gasteiger partial charge in [0.2, 0.25) is 11.7 Å². The van der Waals surface area contributed by atoms with E-state index in [-0.39, 0.29) is 6.04 Å². The van der Waals surface area contributed by atoms with Gasteiger partial charge in [0.25, 0.3) is 0 Å². The molecule has 1 aromatic carbocycles. The summed E-state index contributed by atoms with van der Waals surface area (Å²) in [7, 11) is 1.59. The van der Waals surface area contributed by atoms with Crippen molar-refractivity contribution >= 4 is 0 Å². The van der Waals surface area contributed by atoms with E-state index < -0.39 is 0 Å². The van der Waals surface area contributed by atoms with Gasteiger partial charge in [-0.3, -0.25) is 0 Å². The van der Waals surface area contributed by atoms with Gasteiger partial charge in [-0.25, -0.2) is 0 Å². The first-order valence-corrected chi connectivity index (χ1v) is 6.30. The SMILES string of the molecule is COCC(N)c1nc(-c2ccc(C(C)C)cc2)no1. The minimum atomic E-state index is -0.388. The molecule has 2 N–H and O–H groups in total. The summed E-state index contributed by atoms with van der Waals surface area (Å²) in [4.78, 5) is 4.29. The van der Waals surface area contributed by atoms with Gasteiger partial charge in [0, 0.05) is 12.7 Å². The van der Waals surface area contributed by atoms with Crippen molar-refractivity contribution in [2.75, 3.05) is 13.7 Å². The molecule has 0 spiro atoms. The Balaban J connectivity index is 2.18. The number of nitrogens with two attached hydrogens (primary N) is 1. The molecule has 0 saturated heterocycles. The highest BCUT2D eigenvalue weighted by Gasteiger charge is 2.15. The number of aromatic nitrogens is 2. The maximum Gasteiger partial charge on any atom is 0.246 e. The van der Waals surface area contributed by atoms with E-state index in [1.165, 1.54) is 5.56 Å². The fourth-order valence-corrected chi connectivity index (χ4v) is 1.77. The van der Waals surface area contributed by atoms with Gasteiger partial charge in [-0.1, -0.05) is 43.3 Å². The largest absolute Gasteiger partial charge is 0.383 e. The van der Waals surface area contributed by atoms with Crippen LogP contribution in [0.25, 0.3) is 11.4 Å². The van der Waals surface area contributed by atoms with Gasteiger partial charge in [-0.2, -0.15) is 4.98 Å². The third-order valence-corrected chi connectivity index (χ3v) is 2.94. The van der Waals surface area contributed by atoms with Crippen LogP contribution >= 0.6 is 0 Å². The van der Waals surface area contributed by atoms with E-state index in [9.17, 15) is 0 Å². The summed E-state index contributed by atoms with van der Waals surface area (Å²) >= 11 is 0. The summed E-state index contributed by atoms with van der Waals surface area (Å²) in [5.74, 6) is 1.45. The number of hydrogen-bond acceptors (Lipinski definition) is 5. The second-order valence-corrected chi connectivity index (χ2v) is 4.79. The summed E-state index contributed by atoms with van der Waals surface area (Å²) in [6.07, 6.45) is 0. The van der Waals surface area contributed by atoms with E-state index in [0.717, 1.165) is 5.56 Å². The molecule has 0 amide bonds. The smallest absolute Gasteiger partial charge is 0.246 e. The predicted molar refractivity (Wildman–Crippen MR) is 72.6 cm³/mol. The van der Waals surface area contributed by atoms with Crippen molar-refractivity contribution in [1.82, 2.24) is 10.1 Å². The van der Waals surface area contributed by atoms with Crippen LogP contribution in [0.2, 0.25) is 0 Å². The number of benzene rings is 1. The van der Waals surface area contributed by atoms with Gasteiger partial charge in [0.15, 0.2) is 0 Å². The summed E-state index contributed by atoms with van der Waals surface area (Å²) in [5.41, 5.74) is 8.04. The fraction of sp³-hybridized carbons (Fsp3) is 0.429. The van der Waals surface area contributed by atoms with Crippen molar-refractivity contribution in [3.05, 3.63) is 35.7 Å². The summed E-state index contributed by atoms with van der Waals surface area (Å²) in [5, 5.41) is 3.94. The fourth-order valence-electron chi connectivity index (χ4n) is 1.77. The van der Waals surface area contributed by atoms with Gasteiger partial charge in [0.05, 0.1) is 6.61 Å². The van der Waals surface area contributed by atoms with Crippen molar-refractivity contribution in [2.24, 2.45) is 5.73 Å². The number of ether oxygens (including phenoxy) is 1. The van der Waals surface area contributed by atoms with Gasteiger partial charge < -0.3 is 15.0 Å². The van der Waals surface area contributed by atoms with Gasteiger partial charge in [-0.05, 0) is 11.5 Å². The third-order valence-electron chi connectivity index (χ3n) is 2.94. The zero-order valence-electron chi connectivity index (χ0n) is 11.5. The maximum atomic E-state index is 5.84. The molecule has 1 unspecified atom stereocenters. The molecule has 19 heavy (non-hydrogen) atoms. The van der Waals surface area contributed by atoms with Crippen LogP contribution < -0.4 is 5.73 Å². The van der Waals surface area contributed by atoms with Crippen LogP contribution in [0.3, 0.4) is 0 Å². The van der Waals surface area contributed by atoms with Crippen LogP contribution in [0, 0.1) is 0 Å². The van der Waals surface area contributed by atoms with E-state index >= 15 is 0 Å². The minimum Gasteiger partial charge on any atom is -0.383 e. The summed E-state index contributed by atoms with van der Waals surface area (Å²) in [6.45, 7) is 4.67. The van der Waals surface area contributed by atoms with E-state index in [1.54, 1.807) is 7.11 Å². The molecule has 5 heteroatoms. The lowest BCUT2D eigenvalue weighted by Crippen LogP contribution is -2.16. The Kier molecular flexibility index (Phi) is 4.29. The van der Waals surface area contributed by atoms with Crippen LogP contribution in [0.1, 0.15) is 37.3 Å². The molecule has 1 atom stereocenters. The van der Waals surface area contributed by atoms with E-state index in [0.29, 0.717) is 24.2 Å². The molecule has 0 bridgehead atoms. The Morgan fingerprint density at radius 1 is 1.26 bits per heavy atom. The Bertz CT molecular complexity index is 520. The Morgan fingerprint density at radius 2 is 1.95 bits per heavy atom. The minimum absolute atomic E-state index is 0.355. The molecule has 2 rings (SSSR count). The quantitative estimate of drug-likeness (QED) is 0.895. The van der Waals surface area contributed by atoms with Crippen molar-refractivity contribution < 1.29 is 9.26 Å². The number of nitrogens with zero attached hydrogens (tertiary/aromatic N) is 2. The first kappa shape index (κ1) is 13.7. The van der Waals surface area contributed by atoms with Crippen LogP contribution in [-0.4, -0.2) is 23.9 Å². The van der Waals surface area contributed by atoms with Crippen LogP contribution in [-0.2, 0) is 4.74 Å². The lowest BCUT2D eigenvalue weighted by Gasteiger charge is -2.04. The molecule has 0 aliphatic rings. The molecule has 5 nitrogen and oxygen atoms in total. The van der Waals surface area contributed by atoms with Crippen molar-refractivity contribution in [3.8, 4) is 11.4 Å². The van der Waals surface area contributed by atoms with Crippen molar-refractivity contribution in [1.29, 1.82) is 0 Å². The molecule has 2 aromatic rings. The molecule has 0 radical (unpaired) electrons. The molecule has 1 heterocycles. The summed E-state index contributed by atoms with van der Waals surface area (Å²) < 4.78 is 10.1. The highest BCUT2D eigenvalue weighted by atomic mass is 16.5. The third kappa shape index (κ3) is 3.19. The molecular weight excluding hydrogens is 242 g/mol. The predicted octanol–water partition coefficient (Wildman–Crippen LogP) is 2.51. The average Bonchev–Trinajstić information content (AvgIpc) is 2.89. The molecule has 1 aromatic heterocycles. The van der Waals surface area contributed by atoms with E-state index in [1.807, 2.05) is 12.1 Å². The molecule has 0 fully saturated rings. The van der Waals surface area contributed by atoms with Gasteiger partial charge in [0.1, 0.15) is 6.04 Å². The normalized spacial score (nSPS) is 12.9. The monoisotopic (exact) mass is 261 g/mol. The second kappa shape index (κ2) is 5.95. The van der Waals surface area contributed by atoms with Crippen LogP contribution in [0.15, 0.2) is 28.8 Å². The van der Waals surface area contributed by atoms with Gasteiger partial charge in [-0.15, -0.1) is 0 Å². The summed E-state index contributed by atoms with van der Waals surface area (Å²) in [6, 6.07) is 7.75. The Hall–Kier alpha value is -1.72. The molecule has 0 aliphatic heterocycles. The first-order chi connectivity index (χ1) is 9.11. The van der Waals surface area contributed by atoms with E-state index in [4.69, 9.17) is 15.0 Å². The van der Waals surface area contributed by atoms with Gasteiger partial charge >= 0.3 is 0 Å². The number of rotatable bonds is 5. The zero-order chi connectivity index (χ0) is 13.8. The molecule has 102 valence electrons. The van der Waals surface area contributed by atoms with Crippen LogP contribution in [0.4, 0.5) is 0 Å². The Labute approximate surface area is 112 Å². The number of methoxy groups -OCH3 is 1. The Morgan fingerprint density at radius 3 is 2.53 bits per heavy atom. The highest BCUT2D eigenvalue weighted by molar-refractivity contribution is 5.54. The molecule has 0 aliphatic carbocycles. The highest BCUT2D eigenvalue weighted by Crippen LogP contribution is 2.21. The first-order valence-electron chi connectivity index (χ1n) is 6.30. The van der Waals surface area contributed by atoms with Crippen LogP contribution in [0.5, 0.6) is 0 Å². The average molecular weight is 261 g/mol. The topological polar surface area (TPSA) is 74.2 Å². The zero-order valence-corrected chi connectivity index (χ0v) is 11.5. The maximum absolute atomic E-state index is 5.84. The molecule has 0 saturated carbocycles. The second-order valence-electron chi connectivity index (χ2n) is 4.79. The number of hydrogen-bond donors (Lipinski definition) is 1. The lowest BCUT2D eigenvalue weighted by atomic mass is 10.0. The van der Waals surface area contributed by atoms with Crippen molar-refractivity contribution in [3.63, 3.8) is 0 Å².